The van der Waals surface area contributed by atoms with Crippen molar-refractivity contribution in [2.75, 3.05) is 6.54 Å². The standard InChI is InChI=1S/C16H17N5O2S2/c22-25(23,16-2-1-9-24-16)19-7-8-21-15(12-3-4-12)10-13(20-21)14-11-17-5-6-18-14/h1-2,5-6,9-12,19H,3-4,7-8H2. The number of nitrogens with one attached hydrogen (secondary N) is 1. The molecule has 0 atom stereocenters. The highest BCUT2D eigenvalue weighted by Crippen LogP contribution is 2.41. The number of rotatable bonds is 7. The lowest BCUT2D eigenvalue weighted by atomic mass is 10.2. The van der Waals surface area contributed by atoms with Gasteiger partial charge >= 0.3 is 0 Å². The van der Waals surface area contributed by atoms with E-state index in [-0.39, 0.29) is 0 Å². The van der Waals surface area contributed by atoms with Crippen LogP contribution in [-0.2, 0) is 16.6 Å². The molecule has 1 saturated carbocycles. The van der Waals surface area contributed by atoms with Crippen LogP contribution in [0.3, 0.4) is 0 Å². The molecule has 0 spiro atoms. The Hall–Kier alpha value is -2.10. The van der Waals surface area contributed by atoms with Crippen LogP contribution in [0.5, 0.6) is 0 Å². The number of sulfonamides is 1. The van der Waals surface area contributed by atoms with E-state index in [0.717, 1.165) is 29.9 Å². The van der Waals surface area contributed by atoms with Gasteiger partial charge in [-0.1, -0.05) is 6.07 Å². The molecule has 7 nitrogen and oxygen atoms in total. The molecule has 0 radical (unpaired) electrons. The van der Waals surface area contributed by atoms with Gasteiger partial charge in [0.15, 0.2) is 0 Å². The Morgan fingerprint density at radius 1 is 1.28 bits per heavy atom. The molecule has 1 fully saturated rings. The highest BCUT2D eigenvalue weighted by Gasteiger charge is 2.28. The number of hydrogen-bond acceptors (Lipinski definition) is 6. The van der Waals surface area contributed by atoms with Crippen molar-refractivity contribution in [1.29, 1.82) is 0 Å². The maximum Gasteiger partial charge on any atom is 0.250 e. The molecule has 9 heteroatoms. The van der Waals surface area contributed by atoms with Gasteiger partial charge < -0.3 is 0 Å². The molecular formula is C16H17N5O2S2. The van der Waals surface area contributed by atoms with Crippen molar-refractivity contribution in [2.45, 2.75) is 29.5 Å². The van der Waals surface area contributed by atoms with Crippen LogP contribution in [0, 0.1) is 0 Å². The smallest absolute Gasteiger partial charge is 0.250 e. The monoisotopic (exact) mass is 375 g/mol. The molecule has 1 aliphatic carbocycles. The second-order valence-electron chi connectivity index (χ2n) is 5.87. The van der Waals surface area contributed by atoms with E-state index in [4.69, 9.17) is 0 Å². The Kier molecular flexibility index (Phi) is 4.36. The average molecular weight is 375 g/mol. The molecule has 130 valence electrons. The van der Waals surface area contributed by atoms with Crippen LogP contribution < -0.4 is 4.72 Å². The van der Waals surface area contributed by atoms with Crippen LogP contribution in [0.25, 0.3) is 11.4 Å². The third kappa shape index (κ3) is 3.63. The minimum Gasteiger partial charge on any atom is -0.267 e. The molecule has 0 aromatic carbocycles. The summed E-state index contributed by atoms with van der Waals surface area (Å²) in [7, 11) is -3.44. The average Bonchev–Trinajstić information content (AvgIpc) is 3.13. The van der Waals surface area contributed by atoms with E-state index in [1.165, 1.54) is 11.3 Å². The summed E-state index contributed by atoms with van der Waals surface area (Å²) in [6.45, 7) is 0.776. The van der Waals surface area contributed by atoms with E-state index in [0.29, 0.717) is 23.2 Å². The maximum atomic E-state index is 12.2. The molecule has 1 aliphatic rings. The predicted octanol–water partition coefficient (Wildman–Crippen LogP) is 2.26. The second-order valence-corrected chi connectivity index (χ2v) is 8.81. The quantitative estimate of drug-likeness (QED) is 0.684. The SMILES string of the molecule is O=S(=O)(NCCn1nc(-c2cnccn2)cc1C1CC1)c1cccs1. The summed E-state index contributed by atoms with van der Waals surface area (Å²) in [5, 5.41) is 6.36. The van der Waals surface area contributed by atoms with Gasteiger partial charge in [0.2, 0.25) is 10.0 Å². The van der Waals surface area contributed by atoms with Crippen LogP contribution in [0.2, 0.25) is 0 Å². The van der Waals surface area contributed by atoms with Crippen molar-refractivity contribution in [3.8, 4) is 11.4 Å². The first kappa shape index (κ1) is 16.4. The largest absolute Gasteiger partial charge is 0.267 e. The summed E-state index contributed by atoms with van der Waals surface area (Å²) < 4.78 is 29.2. The fraction of sp³-hybridized carbons (Fsp3) is 0.312. The minimum absolute atomic E-state index is 0.293. The van der Waals surface area contributed by atoms with E-state index < -0.39 is 10.0 Å². The maximum absolute atomic E-state index is 12.2. The molecule has 0 saturated heterocycles. The van der Waals surface area contributed by atoms with Crippen molar-refractivity contribution < 1.29 is 8.42 Å². The molecule has 3 aromatic heterocycles. The van der Waals surface area contributed by atoms with Crippen molar-refractivity contribution in [3.05, 3.63) is 47.9 Å². The first-order chi connectivity index (χ1) is 12.1. The molecule has 25 heavy (non-hydrogen) atoms. The third-order valence-electron chi connectivity index (χ3n) is 4.01. The van der Waals surface area contributed by atoms with Crippen LogP contribution in [0.15, 0.2) is 46.4 Å². The van der Waals surface area contributed by atoms with E-state index >= 15 is 0 Å². The van der Waals surface area contributed by atoms with Gasteiger partial charge in [-0.05, 0) is 30.4 Å². The molecule has 1 N–H and O–H groups in total. The number of aromatic nitrogens is 4. The Bertz CT molecular complexity index is 948. The zero-order chi connectivity index (χ0) is 17.3. The summed E-state index contributed by atoms with van der Waals surface area (Å²) in [5.41, 5.74) is 2.63. The van der Waals surface area contributed by atoms with Crippen LogP contribution in [0.4, 0.5) is 0 Å². The lowest BCUT2D eigenvalue weighted by molar-refractivity contribution is 0.553. The number of thiophene rings is 1. The molecule has 4 rings (SSSR count). The van der Waals surface area contributed by atoms with Crippen molar-refractivity contribution >= 4 is 21.4 Å². The minimum atomic E-state index is -3.44. The second kappa shape index (κ2) is 6.66. The van der Waals surface area contributed by atoms with E-state index in [2.05, 4.69) is 19.8 Å². The first-order valence-electron chi connectivity index (χ1n) is 8.01. The molecular weight excluding hydrogens is 358 g/mol. The zero-order valence-corrected chi connectivity index (χ0v) is 15.0. The van der Waals surface area contributed by atoms with Crippen molar-refractivity contribution in [1.82, 2.24) is 24.5 Å². The molecule has 3 heterocycles. The van der Waals surface area contributed by atoms with Gasteiger partial charge in [-0.25, -0.2) is 13.1 Å². The van der Waals surface area contributed by atoms with Crippen molar-refractivity contribution in [3.63, 3.8) is 0 Å². The lowest BCUT2D eigenvalue weighted by Gasteiger charge is -2.08. The van der Waals surface area contributed by atoms with Gasteiger partial charge in [0.1, 0.15) is 15.6 Å². The van der Waals surface area contributed by atoms with Gasteiger partial charge in [0.05, 0.1) is 12.7 Å². The summed E-state index contributed by atoms with van der Waals surface area (Å²) in [4.78, 5) is 8.37. The first-order valence-corrected chi connectivity index (χ1v) is 10.4. The molecule has 0 bridgehead atoms. The highest BCUT2D eigenvalue weighted by atomic mass is 32.2. The zero-order valence-electron chi connectivity index (χ0n) is 13.4. The van der Waals surface area contributed by atoms with Gasteiger partial charge in [0.25, 0.3) is 0 Å². The topological polar surface area (TPSA) is 89.8 Å². The third-order valence-corrected chi connectivity index (χ3v) is 6.87. The number of nitrogens with zero attached hydrogens (tertiary/aromatic N) is 4. The molecule has 0 unspecified atom stereocenters. The Balaban J connectivity index is 1.49. The summed E-state index contributed by atoms with van der Waals surface area (Å²) in [6, 6.07) is 5.36. The van der Waals surface area contributed by atoms with Gasteiger partial charge in [-0.2, -0.15) is 5.10 Å². The van der Waals surface area contributed by atoms with Gasteiger partial charge in [0, 0.05) is 30.6 Å². The molecule has 0 aliphatic heterocycles. The summed E-state index contributed by atoms with van der Waals surface area (Å²) >= 11 is 1.21. The fourth-order valence-corrected chi connectivity index (χ4v) is 4.71. The normalized spacial score (nSPS) is 14.7. The Morgan fingerprint density at radius 3 is 2.84 bits per heavy atom. The highest BCUT2D eigenvalue weighted by molar-refractivity contribution is 7.91. The lowest BCUT2D eigenvalue weighted by Crippen LogP contribution is -2.27. The van der Waals surface area contributed by atoms with Crippen LogP contribution in [0.1, 0.15) is 24.5 Å². The molecule has 0 amide bonds. The summed E-state index contributed by atoms with van der Waals surface area (Å²) in [6.07, 6.45) is 7.24. The number of hydrogen-bond donors (Lipinski definition) is 1. The van der Waals surface area contributed by atoms with E-state index in [9.17, 15) is 8.42 Å². The summed E-state index contributed by atoms with van der Waals surface area (Å²) in [5.74, 6) is 0.506. The van der Waals surface area contributed by atoms with E-state index in [1.807, 2.05) is 10.7 Å². The molecule has 3 aromatic rings. The van der Waals surface area contributed by atoms with Crippen LogP contribution >= 0.6 is 11.3 Å². The van der Waals surface area contributed by atoms with Gasteiger partial charge in [-0.3, -0.25) is 14.6 Å². The van der Waals surface area contributed by atoms with Gasteiger partial charge in [-0.15, -0.1) is 11.3 Å². The van der Waals surface area contributed by atoms with E-state index in [1.54, 1.807) is 36.1 Å². The Morgan fingerprint density at radius 2 is 2.16 bits per heavy atom. The fourth-order valence-electron chi connectivity index (χ4n) is 2.65. The van der Waals surface area contributed by atoms with Crippen molar-refractivity contribution in [2.24, 2.45) is 0 Å². The Labute approximate surface area is 149 Å². The predicted molar refractivity (Wildman–Crippen MR) is 94.7 cm³/mol. The van der Waals surface area contributed by atoms with Crippen LogP contribution in [-0.4, -0.2) is 34.7 Å².